The molecule has 6 aromatic carbocycles. The van der Waals surface area contributed by atoms with E-state index < -0.39 is 0 Å². The molecule has 0 radical (unpaired) electrons. The van der Waals surface area contributed by atoms with Gasteiger partial charge in [-0.2, -0.15) is 0 Å². The minimum Gasteiger partial charge on any atom is -0.308 e. The normalized spacial score (nSPS) is 13.2. The minimum absolute atomic E-state index is 0.0756. The molecular formula is C42H30N4. The van der Waals surface area contributed by atoms with Gasteiger partial charge in [-0.15, -0.1) is 0 Å². The fourth-order valence-electron chi connectivity index (χ4n) is 7.30. The molecule has 1 aliphatic carbocycles. The first kappa shape index (κ1) is 26.5. The van der Waals surface area contributed by atoms with Crippen LogP contribution in [0.15, 0.2) is 146 Å². The average molecular weight is 591 g/mol. The summed E-state index contributed by atoms with van der Waals surface area (Å²) in [6.45, 7) is 4.68. The molecule has 4 nitrogen and oxygen atoms in total. The van der Waals surface area contributed by atoms with E-state index >= 15 is 0 Å². The van der Waals surface area contributed by atoms with Crippen molar-refractivity contribution in [3.05, 3.63) is 157 Å². The highest BCUT2D eigenvalue weighted by Crippen LogP contribution is 2.53. The van der Waals surface area contributed by atoms with Crippen LogP contribution in [0.5, 0.6) is 0 Å². The van der Waals surface area contributed by atoms with Crippen LogP contribution in [0.3, 0.4) is 0 Å². The molecule has 0 amide bonds. The Bertz CT molecular complexity index is 2380. The summed E-state index contributed by atoms with van der Waals surface area (Å²) < 4.78 is 2.39. The number of hydrogen-bond donors (Lipinski definition) is 0. The number of aromatic nitrogens is 4. The lowest BCUT2D eigenvalue weighted by molar-refractivity contribution is 0.661. The molecule has 4 heteroatoms. The maximum Gasteiger partial charge on any atom is 0.166 e. The zero-order chi connectivity index (χ0) is 30.8. The summed E-state index contributed by atoms with van der Waals surface area (Å²) in [7, 11) is 0. The summed E-state index contributed by atoms with van der Waals surface area (Å²) in [5.74, 6) is 1.94. The summed E-state index contributed by atoms with van der Waals surface area (Å²) in [6.07, 6.45) is 0. The van der Waals surface area contributed by atoms with Gasteiger partial charge in [-0.1, -0.05) is 135 Å². The zero-order valence-electron chi connectivity index (χ0n) is 25.6. The van der Waals surface area contributed by atoms with Crippen molar-refractivity contribution in [2.45, 2.75) is 19.3 Å². The van der Waals surface area contributed by atoms with Crippen LogP contribution in [0.25, 0.3) is 72.8 Å². The monoisotopic (exact) mass is 590 g/mol. The molecule has 0 spiro atoms. The van der Waals surface area contributed by atoms with Crippen molar-refractivity contribution in [3.63, 3.8) is 0 Å². The van der Waals surface area contributed by atoms with Gasteiger partial charge in [-0.05, 0) is 46.5 Å². The fourth-order valence-corrected chi connectivity index (χ4v) is 7.30. The quantitative estimate of drug-likeness (QED) is 0.205. The summed E-state index contributed by atoms with van der Waals surface area (Å²) in [4.78, 5) is 15.1. The first-order valence-electron chi connectivity index (χ1n) is 15.7. The van der Waals surface area contributed by atoms with Crippen molar-refractivity contribution in [2.24, 2.45) is 0 Å². The van der Waals surface area contributed by atoms with Crippen LogP contribution < -0.4 is 0 Å². The van der Waals surface area contributed by atoms with Crippen LogP contribution in [0.2, 0.25) is 0 Å². The topological polar surface area (TPSA) is 43.6 Å². The number of hydrogen-bond acceptors (Lipinski definition) is 3. The summed E-state index contributed by atoms with van der Waals surface area (Å²) in [5, 5.41) is 2.52. The molecule has 0 aliphatic heterocycles. The van der Waals surface area contributed by atoms with Gasteiger partial charge in [0.1, 0.15) is 0 Å². The highest BCUT2D eigenvalue weighted by molar-refractivity contribution is 6.18. The summed E-state index contributed by atoms with van der Waals surface area (Å²) in [6, 6.07) is 51.0. The molecule has 0 atom stereocenters. The van der Waals surface area contributed by atoms with E-state index in [1.54, 1.807) is 0 Å². The van der Waals surface area contributed by atoms with Gasteiger partial charge in [0, 0.05) is 32.9 Å². The molecule has 0 saturated heterocycles. The molecule has 0 unspecified atom stereocenters. The Labute approximate surface area is 267 Å². The molecule has 1 aliphatic rings. The molecule has 0 saturated carbocycles. The lowest BCUT2D eigenvalue weighted by Gasteiger charge is -2.21. The van der Waals surface area contributed by atoms with Crippen LogP contribution in [0, 0.1) is 0 Å². The Morgan fingerprint density at radius 1 is 0.457 bits per heavy atom. The molecule has 0 bridgehead atoms. The van der Waals surface area contributed by atoms with Crippen molar-refractivity contribution in [1.82, 2.24) is 19.5 Å². The molecule has 218 valence electrons. The van der Waals surface area contributed by atoms with E-state index in [1.165, 1.54) is 38.5 Å². The van der Waals surface area contributed by atoms with Gasteiger partial charge in [0.2, 0.25) is 0 Å². The highest BCUT2D eigenvalue weighted by atomic mass is 15.1. The van der Waals surface area contributed by atoms with Gasteiger partial charge in [0.25, 0.3) is 0 Å². The second kappa shape index (κ2) is 10.1. The van der Waals surface area contributed by atoms with E-state index in [2.05, 4.69) is 103 Å². The molecular weight excluding hydrogens is 560 g/mol. The van der Waals surface area contributed by atoms with E-state index in [-0.39, 0.29) is 5.41 Å². The summed E-state index contributed by atoms with van der Waals surface area (Å²) >= 11 is 0. The predicted molar refractivity (Wildman–Crippen MR) is 188 cm³/mol. The van der Waals surface area contributed by atoms with Crippen molar-refractivity contribution in [1.29, 1.82) is 0 Å². The first-order valence-corrected chi connectivity index (χ1v) is 15.7. The third-order valence-electron chi connectivity index (χ3n) is 9.47. The van der Waals surface area contributed by atoms with Crippen LogP contribution in [0.1, 0.15) is 25.0 Å². The standard InChI is InChI=1S/C42H30N4/c1-42(2)32-22-12-9-19-29(32)37-33(42)25-26-36-38(37)30-20-10-13-23-34(30)46(36)35-24-14-11-21-31(35)41-44-39(27-15-5-3-6-16-27)43-40(45-41)28-17-7-4-8-18-28/h3-26H,1-2H3. The third-order valence-corrected chi connectivity index (χ3v) is 9.47. The highest BCUT2D eigenvalue weighted by Gasteiger charge is 2.37. The zero-order valence-corrected chi connectivity index (χ0v) is 25.6. The number of para-hydroxylation sites is 2. The molecule has 2 heterocycles. The van der Waals surface area contributed by atoms with E-state index in [4.69, 9.17) is 15.0 Å². The smallest absolute Gasteiger partial charge is 0.166 e. The van der Waals surface area contributed by atoms with Crippen molar-refractivity contribution < 1.29 is 0 Å². The van der Waals surface area contributed by atoms with E-state index in [0.717, 1.165) is 27.9 Å². The van der Waals surface area contributed by atoms with Crippen LogP contribution in [0.4, 0.5) is 0 Å². The lowest BCUT2D eigenvalue weighted by atomic mass is 9.82. The van der Waals surface area contributed by atoms with E-state index in [1.807, 2.05) is 60.7 Å². The third kappa shape index (κ3) is 3.90. The summed E-state index contributed by atoms with van der Waals surface area (Å²) in [5.41, 5.74) is 11.5. The maximum atomic E-state index is 5.10. The lowest BCUT2D eigenvalue weighted by Crippen LogP contribution is -2.14. The Hall–Kier alpha value is -5.87. The first-order chi connectivity index (χ1) is 22.6. The van der Waals surface area contributed by atoms with Gasteiger partial charge in [0.15, 0.2) is 17.5 Å². The van der Waals surface area contributed by atoms with Crippen molar-refractivity contribution in [3.8, 4) is 51.0 Å². The fraction of sp³-hybridized carbons (Fsp3) is 0.0714. The van der Waals surface area contributed by atoms with Gasteiger partial charge >= 0.3 is 0 Å². The second-order valence-electron chi connectivity index (χ2n) is 12.5. The number of rotatable bonds is 4. The number of fused-ring (bicyclic) bond motifs is 7. The molecule has 9 rings (SSSR count). The van der Waals surface area contributed by atoms with Gasteiger partial charge in [-0.3, -0.25) is 0 Å². The number of nitrogens with zero attached hydrogens (tertiary/aromatic N) is 4. The second-order valence-corrected chi connectivity index (χ2v) is 12.5. The van der Waals surface area contributed by atoms with Crippen molar-refractivity contribution >= 4 is 21.8 Å². The Kier molecular flexibility index (Phi) is 5.81. The Balaban J connectivity index is 1.34. The molecule has 2 aromatic heterocycles. The SMILES string of the molecule is CC1(C)c2ccccc2-c2c1ccc1c2c2ccccc2n1-c1ccccc1-c1nc(-c2ccccc2)nc(-c2ccccc2)n1. The van der Waals surface area contributed by atoms with Crippen LogP contribution >= 0.6 is 0 Å². The van der Waals surface area contributed by atoms with E-state index in [9.17, 15) is 0 Å². The van der Waals surface area contributed by atoms with Crippen molar-refractivity contribution in [2.75, 3.05) is 0 Å². The average Bonchev–Trinajstić information content (AvgIpc) is 3.57. The van der Waals surface area contributed by atoms with Gasteiger partial charge in [0.05, 0.1) is 16.7 Å². The predicted octanol–water partition coefficient (Wildman–Crippen LogP) is 10.3. The van der Waals surface area contributed by atoms with Gasteiger partial charge in [-0.25, -0.2) is 15.0 Å². The Morgan fingerprint density at radius 3 is 1.74 bits per heavy atom. The van der Waals surface area contributed by atoms with Gasteiger partial charge < -0.3 is 4.57 Å². The van der Waals surface area contributed by atoms with E-state index in [0.29, 0.717) is 17.5 Å². The molecule has 0 N–H and O–H groups in total. The molecule has 46 heavy (non-hydrogen) atoms. The Morgan fingerprint density at radius 2 is 1.02 bits per heavy atom. The minimum atomic E-state index is -0.0756. The number of benzene rings is 6. The molecule has 8 aromatic rings. The largest absolute Gasteiger partial charge is 0.308 e. The molecule has 0 fully saturated rings. The van der Waals surface area contributed by atoms with Crippen LogP contribution in [-0.2, 0) is 5.41 Å². The van der Waals surface area contributed by atoms with Crippen LogP contribution in [-0.4, -0.2) is 19.5 Å². The maximum absolute atomic E-state index is 5.10.